The molecule has 4 aromatic heterocycles. The number of nitrogens with one attached hydrogen (secondary N) is 2. The fraction of sp³-hybridized carbons (Fsp3) is 0.615. The Morgan fingerprint density at radius 2 is 1.30 bits per heavy atom. The number of anilines is 2. The zero-order valence-electron chi connectivity index (χ0n) is 28.6. The van der Waals surface area contributed by atoms with Crippen LogP contribution in [0.3, 0.4) is 0 Å². The molecule has 2 aliphatic rings. The summed E-state index contributed by atoms with van der Waals surface area (Å²) in [5, 5.41) is 31.8. The molecule has 3 unspecified atom stereocenters. The van der Waals surface area contributed by atoms with Crippen LogP contribution in [0.2, 0.25) is 0 Å². The molecule has 0 aromatic carbocycles. The van der Waals surface area contributed by atoms with Crippen LogP contribution in [0.1, 0.15) is 18.9 Å². The van der Waals surface area contributed by atoms with E-state index in [0.717, 1.165) is 0 Å². The fourth-order valence-corrected chi connectivity index (χ4v) is 7.49. The maximum absolute atomic E-state index is 12.4. The normalized spacial score (nSPS) is 26.8. The lowest BCUT2D eigenvalue weighted by molar-refractivity contribution is -0.746. The van der Waals surface area contributed by atoms with Gasteiger partial charge in [-0.1, -0.05) is 9.97 Å². The van der Waals surface area contributed by atoms with Crippen LogP contribution in [0.5, 0.6) is 0 Å². The molecule has 0 spiro atoms. The van der Waals surface area contributed by atoms with Crippen molar-refractivity contribution < 1.29 is 75.7 Å². The Labute approximate surface area is 302 Å². The van der Waals surface area contributed by atoms with E-state index in [4.69, 9.17) is 43.8 Å². The van der Waals surface area contributed by atoms with Gasteiger partial charge in [-0.3, -0.25) is 46.8 Å². The van der Waals surface area contributed by atoms with Crippen molar-refractivity contribution in [3.05, 3.63) is 33.4 Å². The lowest BCUT2D eigenvalue weighted by Crippen LogP contribution is -2.46. The van der Waals surface area contributed by atoms with Gasteiger partial charge in [-0.2, -0.15) is 0 Å². The van der Waals surface area contributed by atoms with Crippen LogP contribution < -0.4 is 31.7 Å². The molecular formula is C26H40N10O16P2+2. The first-order chi connectivity index (χ1) is 25.4. The van der Waals surface area contributed by atoms with Gasteiger partial charge in [0.25, 0.3) is 23.0 Å². The van der Waals surface area contributed by atoms with Crippen molar-refractivity contribution in [3.8, 4) is 0 Å². The van der Waals surface area contributed by atoms with Crippen molar-refractivity contribution in [3.63, 3.8) is 0 Å². The summed E-state index contributed by atoms with van der Waals surface area (Å²) in [7, 11) is -6.16. The Morgan fingerprint density at radius 1 is 0.796 bits per heavy atom. The van der Waals surface area contributed by atoms with E-state index >= 15 is 0 Å². The van der Waals surface area contributed by atoms with Crippen LogP contribution in [0, 0.1) is 0 Å². The summed E-state index contributed by atoms with van der Waals surface area (Å²) in [5.74, 6) is -0.325. The van der Waals surface area contributed by atoms with E-state index in [1.165, 1.54) is 30.9 Å². The van der Waals surface area contributed by atoms with Crippen molar-refractivity contribution in [1.82, 2.24) is 29.1 Å². The number of aromatic amines is 2. The number of hydrogen-bond donors (Lipinski definition) is 9. The number of nitrogens with zero attached hydrogens (tertiary/aromatic N) is 6. The highest BCUT2D eigenvalue weighted by atomic mass is 31.2. The number of phosphoric acid groups is 2. The molecule has 26 nitrogen and oxygen atoms in total. The first kappa shape index (κ1) is 40.0. The van der Waals surface area contributed by atoms with Gasteiger partial charge in [0.1, 0.15) is 24.4 Å². The molecule has 298 valence electrons. The summed E-state index contributed by atoms with van der Waals surface area (Å²) in [4.78, 5) is 57.7. The molecule has 0 aliphatic carbocycles. The molecule has 2 saturated heterocycles. The number of nitrogens with two attached hydrogens (primary N) is 2. The van der Waals surface area contributed by atoms with E-state index in [9.17, 15) is 43.8 Å². The quantitative estimate of drug-likeness (QED) is 0.0294. The zero-order valence-corrected chi connectivity index (χ0v) is 30.4. The van der Waals surface area contributed by atoms with Gasteiger partial charge in [-0.05, 0) is 0 Å². The van der Waals surface area contributed by atoms with Crippen LogP contribution in [0.4, 0.5) is 11.9 Å². The van der Waals surface area contributed by atoms with Gasteiger partial charge in [0.05, 0.1) is 59.8 Å². The van der Waals surface area contributed by atoms with Gasteiger partial charge in [0.2, 0.25) is 23.5 Å². The molecule has 4 aromatic rings. The molecule has 9 atom stereocenters. The van der Waals surface area contributed by atoms with Crippen molar-refractivity contribution in [2.75, 3.05) is 51.1 Å². The molecule has 2 aliphatic heterocycles. The topological polar surface area (TPSA) is 361 Å². The third-order valence-electron chi connectivity index (χ3n) is 8.42. The maximum Gasteiger partial charge on any atom is 0.472 e. The predicted molar refractivity (Wildman–Crippen MR) is 177 cm³/mol. The van der Waals surface area contributed by atoms with Gasteiger partial charge < -0.3 is 50.8 Å². The molecule has 11 N–H and O–H groups in total. The predicted octanol–water partition coefficient (Wildman–Crippen LogP) is -4.17. The maximum atomic E-state index is 12.4. The minimum atomic E-state index is -4.71. The summed E-state index contributed by atoms with van der Waals surface area (Å²) < 4.78 is 66.7. The van der Waals surface area contributed by atoms with E-state index in [0.29, 0.717) is 0 Å². The number of aromatic nitrogens is 8. The zero-order chi connectivity index (χ0) is 39.1. The van der Waals surface area contributed by atoms with E-state index in [2.05, 4.69) is 19.9 Å². The Hall–Kier alpha value is -3.72. The molecule has 2 fully saturated rings. The molecule has 6 rings (SSSR count). The largest absolute Gasteiger partial charge is 0.472 e. The van der Waals surface area contributed by atoms with Crippen molar-refractivity contribution >= 4 is 49.9 Å². The molecular weight excluding hydrogens is 770 g/mol. The number of imidazole rings is 2. The first-order valence-electron chi connectivity index (χ1n) is 16.1. The van der Waals surface area contributed by atoms with E-state index in [1.54, 1.807) is 14.1 Å². The fourth-order valence-electron chi connectivity index (χ4n) is 6.04. The Bertz CT molecular complexity index is 2210. The average Bonchev–Trinajstić information content (AvgIpc) is 3.80. The summed E-state index contributed by atoms with van der Waals surface area (Å²) >= 11 is 0. The van der Waals surface area contributed by atoms with Gasteiger partial charge in [0, 0.05) is 6.42 Å². The molecule has 6 heterocycles. The van der Waals surface area contributed by atoms with Crippen molar-refractivity contribution in [2.24, 2.45) is 14.1 Å². The summed E-state index contributed by atoms with van der Waals surface area (Å²) in [6, 6.07) is 0. The number of nitrogen functional groups attached to an aromatic ring is 2. The number of aliphatic hydroxyl groups is 3. The Kier molecular flexibility index (Phi) is 11.7. The highest BCUT2D eigenvalue weighted by Gasteiger charge is 2.48. The number of aryl methyl sites for hydroxylation is 2. The monoisotopic (exact) mass is 810 g/mol. The van der Waals surface area contributed by atoms with Crippen LogP contribution in [-0.2, 0) is 55.5 Å². The minimum Gasteiger partial charge on any atom is -0.387 e. The van der Waals surface area contributed by atoms with Crippen molar-refractivity contribution in [1.29, 1.82) is 0 Å². The van der Waals surface area contributed by atoms with Gasteiger partial charge in [-0.25, -0.2) is 18.3 Å². The lowest BCUT2D eigenvalue weighted by atomic mass is 10.1. The van der Waals surface area contributed by atoms with Gasteiger partial charge in [0.15, 0.2) is 12.7 Å². The highest BCUT2D eigenvalue weighted by Crippen LogP contribution is 2.45. The van der Waals surface area contributed by atoms with E-state index in [1.807, 2.05) is 0 Å². The second-order valence-corrected chi connectivity index (χ2v) is 15.2. The summed E-state index contributed by atoms with van der Waals surface area (Å²) in [6.45, 7) is -2.50. The number of fused-ring (bicyclic) bond motifs is 2. The second-order valence-electron chi connectivity index (χ2n) is 12.3. The third-order valence-corrected chi connectivity index (χ3v) is 10.4. The van der Waals surface area contributed by atoms with Crippen LogP contribution >= 0.6 is 15.6 Å². The molecule has 0 radical (unpaired) electrons. The molecule has 54 heavy (non-hydrogen) atoms. The van der Waals surface area contributed by atoms with E-state index < -0.39 is 96.2 Å². The Balaban J connectivity index is 0.885. The lowest BCUT2D eigenvalue weighted by Gasteiger charge is -2.17. The second kappa shape index (κ2) is 15.8. The molecule has 0 saturated carbocycles. The number of H-pyrrole nitrogens is 2. The third kappa shape index (κ3) is 8.56. The van der Waals surface area contributed by atoms with E-state index in [-0.39, 0.29) is 53.9 Å². The highest BCUT2D eigenvalue weighted by molar-refractivity contribution is 7.47. The number of aliphatic hydroxyl groups excluding tert-OH is 3. The van der Waals surface area contributed by atoms with Gasteiger partial charge in [-0.15, -0.1) is 0 Å². The molecule has 0 amide bonds. The summed E-state index contributed by atoms with van der Waals surface area (Å²) in [5.41, 5.74) is 10.8. The molecule has 0 bridgehead atoms. The molecule has 28 heteroatoms. The van der Waals surface area contributed by atoms with Gasteiger partial charge >= 0.3 is 26.9 Å². The van der Waals surface area contributed by atoms with Crippen LogP contribution in [0.25, 0.3) is 22.3 Å². The SMILES string of the molecule is Cn1c[n+]([C@@H]2O[C@H](COP(=O)(O)OCCOCCOP(=O)(O)OC[C@@H]3O[C@H]([n+]4cn(C)c5c(=O)[nH]c(N)nc54)C(O)[C@@H]3O)C[C@@H]2O)c2nc(N)[nH]c(=O)c21. The van der Waals surface area contributed by atoms with Crippen LogP contribution in [0.15, 0.2) is 22.2 Å². The number of hydrogen-bond acceptors (Lipinski definition) is 18. The minimum absolute atomic E-state index is 0.0199. The number of ether oxygens (including phenoxy) is 3. The average molecular weight is 811 g/mol. The summed E-state index contributed by atoms with van der Waals surface area (Å²) in [6.07, 6.45) is -5.67. The standard InChI is InChI=1S/C26H38N10O16P2/c1-33-10-35(19-15(33)21(40)31-25(27)29-19)23-13(37)7-12(51-23)8-49-53(42,43)47-5-3-46-4-6-48-54(44,45)50-9-14-17(38)18(39)24(52-14)36-11-34(2)16-20(36)30-26(28)32-22(16)41/h10-14,17-18,23-24,37-39H,3-9H2,1-2H3,(H6-2,27,28,29,30,31,32,40,41,42,43,44,45)/p+2/t12-,13-,14-,17+,18?,23+,24-/m0/s1. The smallest absolute Gasteiger partial charge is 0.387 e. The number of rotatable bonds is 16. The van der Waals surface area contributed by atoms with Crippen molar-refractivity contribution in [2.45, 2.75) is 49.4 Å². The van der Waals surface area contributed by atoms with Crippen LogP contribution in [-0.4, -0.2) is 124 Å². The number of phosphoric ester groups is 2. The Morgan fingerprint density at radius 3 is 1.83 bits per heavy atom. The first-order valence-corrected chi connectivity index (χ1v) is 19.1.